The Morgan fingerprint density at radius 1 is 1.37 bits per heavy atom. The van der Waals surface area contributed by atoms with Crippen molar-refractivity contribution in [2.75, 3.05) is 23.8 Å². The largest absolute Gasteiger partial charge is 0.493 e. The summed E-state index contributed by atoms with van der Waals surface area (Å²) in [6.45, 7) is 1.78. The van der Waals surface area contributed by atoms with Crippen molar-refractivity contribution < 1.29 is 17.9 Å². The summed E-state index contributed by atoms with van der Waals surface area (Å²) < 4.78 is 28.0. The topological polar surface area (TPSA) is 112 Å². The number of benzene rings is 1. The van der Waals surface area contributed by atoms with E-state index in [1.165, 1.54) is 12.1 Å². The molecule has 0 fully saturated rings. The SMILES string of the molecule is CCS(=O)(=O)CCCOc1cc(N)ccc1C(N)=O. The fourth-order valence-corrected chi connectivity index (χ4v) is 2.31. The molecule has 1 aromatic carbocycles. The van der Waals surface area contributed by atoms with Crippen LogP contribution in [0.5, 0.6) is 5.75 Å². The maximum absolute atomic E-state index is 11.3. The van der Waals surface area contributed by atoms with Crippen LogP contribution in [-0.2, 0) is 9.84 Å². The second kappa shape index (κ2) is 6.42. The first kappa shape index (κ1) is 15.3. The number of nitrogen functional groups attached to an aromatic ring is 1. The van der Waals surface area contributed by atoms with Crippen molar-refractivity contribution in [2.24, 2.45) is 5.73 Å². The summed E-state index contributed by atoms with van der Waals surface area (Å²) in [6.07, 6.45) is 0.350. The summed E-state index contributed by atoms with van der Waals surface area (Å²) in [7, 11) is -3.00. The van der Waals surface area contributed by atoms with Crippen molar-refractivity contribution in [3.63, 3.8) is 0 Å². The number of amides is 1. The van der Waals surface area contributed by atoms with Crippen LogP contribution in [0.4, 0.5) is 5.69 Å². The molecule has 0 saturated heterocycles. The van der Waals surface area contributed by atoms with Gasteiger partial charge in [-0.15, -0.1) is 0 Å². The Morgan fingerprint density at radius 2 is 2.05 bits per heavy atom. The summed E-state index contributed by atoms with van der Waals surface area (Å²) in [4.78, 5) is 11.2. The van der Waals surface area contributed by atoms with Crippen LogP contribution in [0.1, 0.15) is 23.7 Å². The van der Waals surface area contributed by atoms with E-state index in [0.29, 0.717) is 12.1 Å². The highest BCUT2D eigenvalue weighted by Gasteiger charge is 2.11. The zero-order valence-corrected chi connectivity index (χ0v) is 11.6. The van der Waals surface area contributed by atoms with Gasteiger partial charge in [-0.2, -0.15) is 0 Å². The number of hydrogen-bond donors (Lipinski definition) is 2. The first-order chi connectivity index (χ1) is 8.85. The number of anilines is 1. The van der Waals surface area contributed by atoms with Crippen molar-refractivity contribution in [1.82, 2.24) is 0 Å². The van der Waals surface area contributed by atoms with E-state index in [9.17, 15) is 13.2 Å². The van der Waals surface area contributed by atoms with E-state index < -0.39 is 15.7 Å². The fraction of sp³-hybridized carbons (Fsp3) is 0.417. The molecule has 0 bridgehead atoms. The minimum atomic E-state index is -3.00. The second-order valence-electron chi connectivity index (χ2n) is 4.06. The monoisotopic (exact) mass is 286 g/mol. The van der Waals surface area contributed by atoms with E-state index in [1.54, 1.807) is 13.0 Å². The summed E-state index contributed by atoms with van der Waals surface area (Å²) in [5, 5.41) is 0. The third-order valence-electron chi connectivity index (χ3n) is 2.57. The molecule has 6 nitrogen and oxygen atoms in total. The molecular formula is C12H18N2O4S. The minimum Gasteiger partial charge on any atom is -0.493 e. The van der Waals surface area contributed by atoms with E-state index in [0.717, 1.165) is 0 Å². The molecule has 0 spiro atoms. The van der Waals surface area contributed by atoms with Crippen LogP contribution in [0.3, 0.4) is 0 Å². The van der Waals surface area contributed by atoms with Crippen LogP contribution >= 0.6 is 0 Å². The normalized spacial score (nSPS) is 11.2. The Labute approximate surface area is 112 Å². The number of carbonyl (C=O) groups is 1. The molecule has 0 radical (unpaired) electrons. The lowest BCUT2D eigenvalue weighted by Crippen LogP contribution is -2.15. The molecule has 0 aromatic heterocycles. The molecule has 0 aliphatic heterocycles. The molecule has 0 aliphatic carbocycles. The molecule has 0 atom stereocenters. The molecule has 106 valence electrons. The standard InChI is InChI=1S/C12H18N2O4S/c1-2-19(16,17)7-3-6-18-11-8-9(13)4-5-10(11)12(14)15/h4-5,8H,2-3,6-7,13H2,1H3,(H2,14,15). The van der Waals surface area contributed by atoms with Crippen LogP contribution < -0.4 is 16.2 Å². The van der Waals surface area contributed by atoms with E-state index in [2.05, 4.69) is 0 Å². The molecule has 1 rings (SSSR count). The smallest absolute Gasteiger partial charge is 0.252 e. The molecule has 0 heterocycles. The lowest BCUT2D eigenvalue weighted by atomic mass is 10.1. The molecule has 4 N–H and O–H groups in total. The van der Waals surface area contributed by atoms with Gasteiger partial charge in [0.2, 0.25) is 0 Å². The maximum Gasteiger partial charge on any atom is 0.252 e. The van der Waals surface area contributed by atoms with Gasteiger partial charge in [0.25, 0.3) is 5.91 Å². The zero-order chi connectivity index (χ0) is 14.5. The Bertz CT molecular complexity index is 555. The number of nitrogens with two attached hydrogens (primary N) is 2. The van der Waals surface area contributed by atoms with Crippen LogP contribution in [0.15, 0.2) is 18.2 Å². The lowest BCUT2D eigenvalue weighted by Gasteiger charge is -2.10. The van der Waals surface area contributed by atoms with Gasteiger partial charge in [0, 0.05) is 17.5 Å². The number of ether oxygens (including phenoxy) is 1. The van der Waals surface area contributed by atoms with Gasteiger partial charge < -0.3 is 16.2 Å². The van der Waals surface area contributed by atoms with Gasteiger partial charge in [-0.25, -0.2) is 8.42 Å². The van der Waals surface area contributed by atoms with Crippen molar-refractivity contribution in [1.29, 1.82) is 0 Å². The lowest BCUT2D eigenvalue weighted by molar-refractivity contribution is 0.0996. The van der Waals surface area contributed by atoms with Gasteiger partial charge in [-0.05, 0) is 18.6 Å². The van der Waals surface area contributed by atoms with Crippen LogP contribution in [-0.4, -0.2) is 32.4 Å². The van der Waals surface area contributed by atoms with E-state index in [-0.39, 0.29) is 29.4 Å². The van der Waals surface area contributed by atoms with Crippen molar-refractivity contribution >= 4 is 21.4 Å². The Morgan fingerprint density at radius 3 is 2.63 bits per heavy atom. The number of primary amides is 1. The van der Waals surface area contributed by atoms with Gasteiger partial charge in [-0.3, -0.25) is 4.79 Å². The maximum atomic E-state index is 11.3. The summed E-state index contributed by atoms with van der Waals surface area (Å²) in [5.41, 5.74) is 11.5. The highest BCUT2D eigenvalue weighted by Crippen LogP contribution is 2.21. The number of hydrogen-bond acceptors (Lipinski definition) is 5. The zero-order valence-electron chi connectivity index (χ0n) is 10.8. The predicted octanol–water partition coefficient (Wildman–Crippen LogP) is 0.571. The van der Waals surface area contributed by atoms with E-state index in [1.807, 2.05) is 0 Å². The molecular weight excluding hydrogens is 268 g/mol. The van der Waals surface area contributed by atoms with Crippen LogP contribution in [0.2, 0.25) is 0 Å². The van der Waals surface area contributed by atoms with Crippen molar-refractivity contribution in [3.05, 3.63) is 23.8 Å². The quantitative estimate of drug-likeness (QED) is 0.562. The third kappa shape index (κ3) is 4.78. The molecule has 0 unspecified atom stereocenters. The highest BCUT2D eigenvalue weighted by atomic mass is 32.2. The number of sulfone groups is 1. The molecule has 1 amide bonds. The van der Waals surface area contributed by atoms with Gasteiger partial charge in [0.1, 0.15) is 15.6 Å². The predicted molar refractivity (Wildman–Crippen MR) is 73.8 cm³/mol. The third-order valence-corrected chi connectivity index (χ3v) is 4.36. The summed E-state index contributed by atoms with van der Waals surface area (Å²) >= 11 is 0. The van der Waals surface area contributed by atoms with E-state index in [4.69, 9.17) is 16.2 Å². The molecule has 0 saturated carbocycles. The van der Waals surface area contributed by atoms with Crippen molar-refractivity contribution in [2.45, 2.75) is 13.3 Å². The van der Waals surface area contributed by atoms with Crippen LogP contribution in [0, 0.1) is 0 Å². The average Bonchev–Trinajstić information content (AvgIpc) is 2.34. The van der Waals surface area contributed by atoms with Crippen LogP contribution in [0.25, 0.3) is 0 Å². The first-order valence-corrected chi connectivity index (χ1v) is 7.70. The van der Waals surface area contributed by atoms with Gasteiger partial charge in [0.15, 0.2) is 0 Å². The Hall–Kier alpha value is -1.76. The number of rotatable bonds is 7. The first-order valence-electron chi connectivity index (χ1n) is 5.88. The highest BCUT2D eigenvalue weighted by molar-refractivity contribution is 7.91. The van der Waals surface area contributed by atoms with Gasteiger partial charge >= 0.3 is 0 Å². The summed E-state index contributed by atoms with van der Waals surface area (Å²) in [5.74, 6) is -0.173. The fourth-order valence-electron chi connectivity index (χ4n) is 1.47. The number of carbonyl (C=O) groups excluding carboxylic acids is 1. The van der Waals surface area contributed by atoms with E-state index >= 15 is 0 Å². The van der Waals surface area contributed by atoms with Gasteiger partial charge in [0.05, 0.1) is 17.9 Å². The minimum absolute atomic E-state index is 0.0533. The molecule has 1 aromatic rings. The molecule has 0 aliphatic rings. The Balaban J connectivity index is 2.63. The second-order valence-corrected chi connectivity index (χ2v) is 6.53. The average molecular weight is 286 g/mol. The summed E-state index contributed by atoms with van der Waals surface area (Å²) in [6, 6.07) is 4.53. The van der Waals surface area contributed by atoms with Gasteiger partial charge in [-0.1, -0.05) is 6.92 Å². The van der Waals surface area contributed by atoms with Crippen molar-refractivity contribution in [3.8, 4) is 5.75 Å². The molecule has 19 heavy (non-hydrogen) atoms. The molecule has 7 heteroatoms. The Kier molecular flexibility index (Phi) is 5.17.